The molecule has 27 heavy (non-hydrogen) atoms. The average Bonchev–Trinajstić information content (AvgIpc) is 2.55. The average molecular weight is 379 g/mol. The van der Waals surface area contributed by atoms with Gasteiger partial charge in [0.2, 0.25) is 0 Å². The molecule has 0 bridgehead atoms. The van der Waals surface area contributed by atoms with E-state index in [1.165, 1.54) is 12.0 Å². The molecule has 0 aromatic heterocycles. The van der Waals surface area contributed by atoms with E-state index in [9.17, 15) is 9.59 Å². The fourth-order valence-electron chi connectivity index (χ4n) is 2.63. The Morgan fingerprint density at radius 2 is 1.63 bits per heavy atom. The van der Waals surface area contributed by atoms with Crippen molar-refractivity contribution in [2.45, 2.75) is 59.8 Å². The minimum absolute atomic E-state index is 0.221. The van der Waals surface area contributed by atoms with Crippen molar-refractivity contribution < 1.29 is 23.8 Å². The highest BCUT2D eigenvalue weighted by atomic mass is 16.6. The SMILES string of the molecule is COC(=O)C(N(CCOCc1ccccc1)C(=O)OC(C)(C)C)C(C)(C)C. The van der Waals surface area contributed by atoms with Gasteiger partial charge in [-0.1, -0.05) is 51.1 Å². The van der Waals surface area contributed by atoms with Crippen LogP contribution in [0.3, 0.4) is 0 Å². The third-order valence-electron chi connectivity index (χ3n) is 3.77. The molecular formula is C21H33NO5. The number of amides is 1. The van der Waals surface area contributed by atoms with Crippen molar-refractivity contribution in [3.63, 3.8) is 0 Å². The molecule has 1 atom stereocenters. The molecule has 1 rings (SSSR count). The molecule has 0 saturated carbocycles. The van der Waals surface area contributed by atoms with Gasteiger partial charge in [-0.3, -0.25) is 4.90 Å². The maximum atomic E-state index is 12.8. The minimum Gasteiger partial charge on any atom is -0.467 e. The third-order valence-corrected chi connectivity index (χ3v) is 3.77. The van der Waals surface area contributed by atoms with Crippen LogP contribution in [0.1, 0.15) is 47.1 Å². The largest absolute Gasteiger partial charge is 0.467 e. The number of hydrogen-bond donors (Lipinski definition) is 0. The van der Waals surface area contributed by atoms with Crippen molar-refractivity contribution in [1.29, 1.82) is 0 Å². The van der Waals surface area contributed by atoms with Gasteiger partial charge in [0.1, 0.15) is 11.6 Å². The first kappa shape index (κ1) is 23.0. The van der Waals surface area contributed by atoms with E-state index in [2.05, 4.69) is 0 Å². The number of nitrogens with zero attached hydrogens (tertiary/aromatic N) is 1. The monoisotopic (exact) mass is 379 g/mol. The Hall–Kier alpha value is -2.08. The van der Waals surface area contributed by atoms with Crippen LogP contribution in [0, 0.1) is 5.41 Å². The Morgan fingerprint density at radius 3 is 2.11 bits per heavy atom. The second-order valence-electron chi connectivity index (χ2n) is 8.50. The molecular weight excluding hydrogens is 346 g/mol. The van der Waals surface area contributed by atoms with Crippen molar-refractivity contribution in [3.05, 3.63) is 35.9 Å². The summed E-state index contributed by atoms with van der Waals surface area (Å²) in [6.45, 7) is 12.0. The summed E-state index contributed by atoms with van der Waals surface area (Å²) >= 11 is 0. The molecule has 6 heteroatoms. The highest BCUT2D eigenvalue weighted by Gasteiger charge is 2.41. The van der Waals surface area contributed by atoms with Crippen molar-refractivity contribution >= 4 is 12.1 Å². The molecule has 1 amide bonds. The van der Waals surface area contributed by atoms with Gasteiger partial charge >= 0.3 is 12.1 Å². The summed E-state index contributed by atoms with van der Waals surface area (Å²) in [5.74, 6) is -0.476. The normalized spacial score (nSPS) is 13.0. The van der Waals surface area contributed by atoms with Crippen LogP contribution < -0.4 is 0 Å². The minimum atomic E-state index is -0.780. The molecule has 0 aliphatic carbocycles. The topological polar surface area (TPSA) is 65.1 Å². The molecule has 0 saturated heterocycles. The zero-order valence-corrected chi connectivity index (χ0v) is 17.6. The van der Waals surface area contributed by atoms with Gasteiger partial charge < -0.3 is 14.2 Å². The summed E-state index contributed by atoms with van der Waals surface area (Å²) in [6.07, 6.45) is -0.559. The lowest BCUT2D eigenvalue weighted by Gasteiger charge is -2.38. The summed E-state index contributed by atoms with van der Waals surface area (Å²) in [5.41, 5.74) is -0.149. The first-order valence-electron chi connectivity index (χ1n) is 9.15. The van der Waals surface area contributed by atoms with Gasteiger partial charge in [0.05, 0.1) is 20.3 Å². The quantitative estimate of drug-likeness (QED) is 0.529. The van der Waals surface area contributed by atoms with E-state index in [0.717, 1.165) is 5.56 Å². The smallest absolute Gasteiger partial charge is 0.411 e. The molecule has 0 aliphatic rings. The molecule has 1 unspecified atom stereocenters. The van der Waals surface area contributed by atoms with Crippen LogP contribution in [0.2, 0.25) is 0 Å². The van der Waals surface area contributed by atoms with Gasteiger partial charge in [0.15, 0.2) is 0 Å². The van der Waals surface area contributed by atoms with Crippen LogP contribution in [-0.2, 0) is 25.6 Å². The molecule has 0 heterocycles. The number of rotatable bonds is 7. The summed E-state index contributed by atoms with van der Waals surface area (Å²) in [6, 6.07) is 8.99. The summed E-state index contributed by atoms with van der Waals surface area (Å²) in [4.78, 5) is 26.6. The molecule has 0 fully saturated rings. The fourth-order valence-corrected chi connectivity index (χ4v) is 2.63. The third kappa shape index (κ3) is 7.99. The first-order valence-corrected chi connectivity index (χ1v) is 9.15. The number of carbonyl (C=O) groups excluding carboxylic acids is 2. The van der Waals surface area contributed by atoms with E-state index in [1.54, 1.807) is 20.8 Å². The standard InChI is InChI=1S/C21H33NO5/c1-20(2,3)17(18(23)25-7)22(19(24)27-21(4,5)6)13-14-26-15-16-11-9-8-10-12-16/h8-12,17H,13-15H2,1-7H3. The molecule has 152 valence electrons. The highest BCUT2D eigenvalue weighted by Crippen LogP contribution is 2.27. The Kier molecular flexibility index (Phi) is 8.28. The first-order chi connectivity index (χ1) is 12.5. The van der Waals surface area contributed by atoms with Crippen molar-refractivity contribution in [2.24, 2.45) is 5.41 Å². The zero-order chi connectivity index (χ0) is 20.7. The van der Waals surface area contributed by atoms with Crippen LogP contribution >= 0.6 is 0 Å². The lowest BCUT2D eigenvalue weighted by Crippen LogP contribution is -2.54. The van der Waals surface area contributed by atoms with Gasteiger partial charge in [-0.25, -0.2) is 9.59 Å². The van der Waals surface area contributed by atoms with Crippen LogP contribution in [0.15, 0.2) is 30.3 Å². The molecule has 6 nitrogen and oxygen atoms in total. The van der Waals surface area contributed by atoms with Gasteiger partial charge in [-0.15, -0.1) is 0 Å². The number of esters is 1. The Morgan fingerprint density at radius 1 is 1.04 bits per heavy atom. The van der Waals surface area contributed by atoms with E-state index < -0.39 is 29.1 Å². The van der Waals surface area contributed by atoms with Crippen molar-refractivity contribution in [1.82, 2.24) is 4.90 Å². The number of methoxy groups -OCH3 is 1. The van der Waals surface area contributed by atoms with E-state index in [4.69, 9.17) is 14.2 Å². The number of hydrogen-bond acceptors (Lipinski definition) is 5. The van der Waals surface area contributed by atoms with E-state index in [0.29, 0.717) is 6.61 Å². The molecule has 1 aromatic rings. The fraction of sp³-hybridized carbons (Fsp3) is 0.619. The molecule has 0 aliphatic heterocycles. The predicted molar refractivity (Wildman–Crippen MR) is 104 cm³/mol. The maximum absolute atomic E-state index is 12.8. The van der Waals surface area contributed by atoms with E-state index in [1.807, 2.05) is 51.1 Å². The van der Waals surface area contributed by atoms with E-state index in [-0.39, 0.29) is 13.2 Å². The van der Waals surface area contributed by atoms with Crippen LogP contribution in [0.5, 0.6) is 0 Å². The van der Waals surface area contributed by atoms with Gasteiger partial charge in [-0.2, -0.15) is 0 Å². The Bertz CT molecular complexity index is 601. The van der Waals surface area contributed by atoms with Crippen LogP contribution in [0.4, 0.5) is 4.79 Å². The summed E-state index contributed by atoms with van der Waals surface area (Å²) in [7, 11) is 1.32. The predicted octanol–water partition coefficient (Wildman–Crippen LogP) is 4.03. The summed E-state index contributed by atoms with van der Waals surface area (Å²) < 4.78 is 16.2. The number of ether oxygens (including phenoxy) is 3. The second kappa shape index (κ2) is 9.74. The Balaban J connectivity index is 2.89. The molecule has 0 N–H and O–H groups in total. The second-order valence-corrected chi connectivity index (χ2v) is 8.50. The van der Waals surface area contributed by atoms with Gasteiger partial charge in [-0.05, 0) is 31.7 Å². The number of carbonyl (C=O) groups is 2. The van der Waals surface area contributed by atoms with Crippen molar-refractivity contribution in [3.8, 4) is 0 Å². The molecule has 0 spiro atoms. The summed E-state index contributed by atoms with van der Waals surface area (Å²) in [5, 5.41) is 0. The highest BCUT2D eigenvalue weighted by molar-refractivity contribution is 5.82. The van der Waals surface area contributed by atoms with Gasteiger partial charge in [0.25, 0.3) is 0 Å². The molecule has 1 aromatic carbocycles. The molecule has 0 radical (unpaired) electrons. The lowest BCUT2D eigenvalue weighted by molar-refractivity contribution is -0.151. The van der Waals surface area contributed by atoms with Crippen molar-refractivity contribution in [2.75, 3.05) is 20.3 Å². The van der Waals surface area contributed by atoms with E-state index >= 15 is 0 Å². The lowest BCUT2D eigenvalue weighted by atomic mass is 9.85. The van der Waals surface area contributed by atoms with Crippen LogP contribution in [-0.4, -0.2) is 48.9 Å². The van der Waals surface area contributed by atoms with Gasteiger partial charge in [0, 0.05) is 6.54 Å². The number of benzene rings is 1. The van der Waals surface area contributed by atoms with Crippen LogP contribution in [0.25, 0.3) is 0 Å². The zero-order valence-electron chi connectivity index (χ0n) is 17.6. The maximum Gasteiger partial charge on any atom is 0.411 e. The Labute approximate surface area is 162 Å².